The van der Waals surface area contributed by atoms with Gasteiger partial charge in [-0.15, -0.1) is 0 Å². The van der Waals surface area contributed by atoms with E-state index in [-0.39, 0.29) is 31.1 Å². The van der Waals surface area contributed by atoms with E-state index < -0.39 is 6.10 Å². The molecule has 0 bridgehead atoms. The van der Waals surface area contributed by atoms with Crippen molar-refractivity contribution in [2.75, 3.05) is 13.2 Å². The van der Waals surface area contributed by atoms with Gasteiger partial charge in [-0.25, -0.2) is 0 Å². The van der Waals surface area contributed by atoms with Crippen molar-refractivity contribution in [3.63, 3.8) is 0 Å². The summed E-state index contributed by atoms with van der Waals surface area (Å²) in [5.41, 5.74) is 0. The first-order valence-corrected chi connectivity index (χ1v) is 33.8. The summed E-state index contributed by atoms with van der Waals surface area (Å²) < 4.78 is 17.0. The van der Waals surface area contributed by atoms with E-state index in [0.29, 0.717) is 19.3 Å². The lowest BCUT2D eigenvalue weighted by molar-refractivity contribution is -0.167. The van der Waals surface area contributed by atoms with E-state index in [0.717, 1.165) is 89.9 Å². The molecule has 6 nitrogen and oxygen atoms in total. The largest absolute Gasteiger partial charge is 0.462 e. The van der Waals surface area contributed by atoms with Gasteiger partial charge in [-0.1, -0.05) is 313 Å². The van der Waals surface area contributed by atoms with Crippen LogP contribution < -0.4 is 0 Å². The molecule has 0 radical (unpaired) electrons. The molecule has 0 N–H and O–H groups in total. The van der Waals surface area contributed by atoms with Crippen LogP contribution in [0, 0.1) is 0 Å². The smallest absolute Gasteiger partial charge is 0.306 e. The molecule has 6 heteroatoms. The van der Waals surface area contributed by atoms with Gasteiger partial charge >= 0.3 is 17.9 Å². The van der Waals surface area contributed by atoms with Crippen molar-refractivity contribution in [3.8, 4) is 0 Å². The van der Waals surface area contributed by atoms with Gasteiger partial charge in [-0.05, 0) is 83.5 Å². The third kappa shape index (κ3) is 63.8. The van der Waals surface area contributed by atoms with Crippen LogP contribution in [0.5, 0.6) is 0 Å². The summed E-state index contributed by atoms with van der Waals surface area (Å²) in [4.78, 5) is 38.4. The highest BCUT2D eigenvalue weighted by Gasteiger charge is 2.19. The van der Waals surface area contributed by atoms with Gasteiger partial charge in [0.1, 0.15) is 13.2 Å². The highest BCUT2D eigenvalue weighted by atomic mass is 16.6. The Kier molecular flexibility index (Phi) is 63.2. The third-order valence-corrected chi connectivity index (χ3v) is 15.0. The standard InChI is InChI=1S/C71H128O6/c1-4-7-10-13-16-19-22-25-28-31-33-34-35-36-37-38-39-41-43-46-49-52-55-58-61-64-70(73)76-67-68(66-75-69(72)63-60-57-54-51-48-45-42-30-27-24-21-18-15-12-9-6-3)77-71(74)65-62-59-56-53-50-47-44-40-32-29-26-23-20-17-14-11-8-5-2/h7,10,16,19,25,28,30,33-34,42,68H,4-6,8-9,11-15,17-18,20-24,26-27,29,31-32,35-41,43-67H2,1-3H3/b10-7-,19-16-,28-25-,34-33-,42-30-. The Morgan fingerprint density at radius 3 is 0.805 bits per heavy atom. The lowest BCUT2D eigenvalue weighted by Crippen LogP contribution is -2.30. The Labute approximate surface area is 479 Å². The maximum atomic E-state index is 12.9. The van der Waals surface area contributed by atoms with Gasteiger partial charge in [0.05, 0.1) is 0 Å². The normalized spacial score (nSPS) is 12.4. The molecule has 0 rings (SSSR count). The van der Waals surface area contributed by atoms with Crippen molar-refractivity contribution in [3.05, 3.63) is 60.8 Å². The van der Waals surface area contributed by atoms with Gasteiger partial charge in [0.2, 0.25) is 0 Å². The minimum absolute atomic E-state index is 0.0737. The van der Waals surface area contributed by atoms with Crippen molar-refractivity contribution in [1.82, 2.24) is 0 Å². The fourth-order valence-corrected chi connectivity index (χ4v) is 9.96. The summed E-state index contributed by atoms with van der Waals surface area (Å²) in [6.07, 6.45) is 83.7. The predicted molar refractivity (Wildman–Crippen MR) is 335 cm³/mol. The topological polar surface area (TPSA) is 78.9 Å². The molecule has 1 atom stereocenters. The van der Waals surface area contributed by atoms with Crippen molar-refractivity contribution in [2.24, 2.45) is 0 Å². The van der Waals surface area contributed by atoms with Crippen molar-refractivity contribution < 1.29 is 28.6 Å². The number of hydrogen-bond acceptors (Lipinski definition) is 6. The first-order chi connectivity index (χ1) is 38.0. The maximum Gasteiger partial charge on any atom is 0.306 e. The molecule has 0 saturated heterocycles. The van der Waals surface area contributed by atoms with Crippen molar-refractivity contribution >= 4 is 17.9 Å². The zero-order valence-electron chi connectivity index (χ0n) is 51.5. The summed E-state index contributed by atoms with van der Waals surface area (Å²) >= 11 is 0. The molecule has 0 heterocycles. The van der Waals surface area contributed by atoms with Crippen LogP contribution in [0.4, 0.5) is 0 Å². The molecule has 0 fully saturated rings. The Morgan fingerprint density at radius 2 is 0.506 bits per heavy atom. The Hall–Kier alpha value is -2.89. The minimum atomic E-state index is -0.777. The van der Waals surface area contributed by atoms with Crippen molar-refractivity contribution in [1.29, 1.82) is 0 Å². The first-order valence-electron chi connectivity index (χ1n) is 33.8. The second kappa shape index (κ2) is 65.6. The van der Waals surface area contributed by atoms with E-state index in [1.165, 1.54) is 225 Å². The lowest BCUT2D eigenvalue weighted by atomic mass is 10.0. The van der Waals surface area contributed by atoms with Gasteiger partial charge in [0, 0.05) is 19.3 Å². The van der Waals surface area contributed by atoms with Crippen LogP contribution in [0.2, 0.25) is 0 Å². The molecular formula is C71H128O6. The first kappa shape index (κ1) is 74.1. The molecule has 0 aromatic carbocycles. The highest BCUT2D eigenvalue weighted by Crippen LogP contribution is 2.18. The van der Waals surface area contributed by atoms with E-state index in [9.17, 15) is 14.4 Å². The summed E-state index contributed by atoms with van der Waals surface area (Å²) in [7, 11) is 0. The van der Waals surface area contributed by atoms with Crippen LogP contribution in [0.3, 0.4) is 0 Å². The fraction of sp³-hybridized carbons (Fsp3) is 0.817. The molecular weight excluding hydrogens is 949 g/mol. The highest BCUT2D eigenvalue weighted by molar-refractivity contribution is 5.71. The third-order valence-electron chi connectivity index (χ3n) is 15.0. The van der Waals surface area contributed by atoms with Gasteiger partial charge in [-0.2, -0.15) is 0 Å². The van der Waals surface area contributed by atoms with E-state index in [1.807, 2.05) is 0 Å². The number of hydrogen-bond donors (Lipinski definition) is 0. The summed E-state index contributed by atoms with van der Waals surface area (Å²) in [6, 6.07) is 0. The quantitative estimate of drug-likeness (QED) is 0.0261. The SMILES string of the molecule is CC/C=C\C/C=C\C/C=C\C/C=C\CCCCCCCCCCCCCCC(=O)OCC(COC(=O)CCCCCCC/C=C\CCCCCCCCC)OC(=O)CCCCCCCCCCCCCCCCCCCC. The van der Waals surface area contributed by atoms with Crippen LogP contribution >= 0.6 is 0 Å². The second-order valence-electron chi connectivity index (χ2n) is 22.7. The van der Waals surface area contributed by atoms with E-state index in [4.69, 9.17) is 14.2 Å². The van der Waals surface area contributed by atoms with Crippen LogP contribution in [0.25, 0.3) is 0 Å². The van der Waals surface area contributed by atoms with Crippen LogP contribution in [-0.2, 0) is 28.6 Å². The number of esters is 3. The molecule has 0 aromatic heterocycles. The molecule has 0 spiro atoms. The number of ether oxygens (including phenoxy) is 3. The molecule has 77 heavy (non-hydrogen) atoms. The summed E-state index contributed by atoms with van der Waals surface area (Å²) in [5.74, 6) is -0.860. The van der Waals surface area contributed by atoms with Crippen molar-refractivity contribution in [2.45, 2.75) is 361 Å². The molecule has 0 aromatic rings. The summed E-state index contributed by atoms with van der Waals surface area (Å²) in [6.45, 7) is 6.58. The van der Waals surface area contributed by atoms with Gasteiger partial charge in [0.25, 0.3) is 0 Å². The molecule has 0 amide bonds. The van der Waals surface area contributed by atoms with Gasteiger partial charge < -0.3 is 14.2 Å². The molecule has 0 aliphatic carbocycles. The number of carbonyl (C=O) groups is 3. The molecule has 0 aliphatic rings. The average Bonchev–Trinajstić information content (AvgIpc) is 3.43. The monoisotopic (exact) mass is 1080 g/mol. The van der Waals surface area contributed by atoms with Crippen LogP contribution in [-0.4, -0.2) is 37.2 Å². The minimum Gasteiger partial charge on any atom is -0.462 e. The van der Waals surface area contributed by atoms with Gasteiger partial charge in [0.15, 0.2) is 6.10 Å². The van der Waals surface area contributed by atoms with Crippen LogP contribution in [0.15, 0.2) is 60.8 Å². The van der Waals surface area contributed by atoms with E-state index >= 15 is 0 Å². The molecule has 448 valence electrons. The Balaban J connectivity index is 4.31. The second-order valence-corrected chi connectivity index (χ2v) is 22.7. The Morgan fingerprint density at radius 1 is 0.273 bits per heavy atom. The van der Waals surface area contributed by atoms with Crippen LogP contribution in [0.1, 0.15) is 355 Å². The van der Waals surface area contributed by atoms with E-state index in [1.54, 1.807) is 0 Å². The predicted octanol–water partition coefficient (Wildman–Crippen LogP) is 23.1. The van der Waals surface area contributed by atoms with Gasteiger partial charge in [-0.3, -0.25) is 14.4 Å². The average molecular weight is 1080 g/mol. The molecule has 1 unspecified atom stereocenters. The molecule has 0 saturated carbocycles. The molecule has 0 aliphatic heterocycles. The zero-order chi connectivity index (χ0) is 55.7. The number of allylic oxidation sites excluding steroid dienone is 10. The lowest BCUT2D eigenvalue weighted by Gasteiger charge is -2.18. The number of carbonyl (C=O) groups excluding carboxylic acids is 3. The van der Waals surface area contributed by atoms with E-state index in [2.05, 4.69) is 81.5 Å². The number of rotatable bonds is 62. The fourth-order valence-electron chi connectivity index (χ4n) is 9.96. The number of unbranched alkanes of at least 4 members (excludes halogenated alkanes) is 41. The maximum absolute atomic E-state index is 12.9. The zero-order valence-corrected chi connectivity index (χ0v) is 51.5. The Bertz CT molecular complexity index is 1380. The summed E-state index contributed by atoms with van der Waals surface area (Å²) in [5, 5.41) is 0.